The lowest BCUT2D eigenvalue weighted by Crippen LogP contribution is -2.54. The molecule has 4 aliphatic heterocycles. The van der Waals surface area contributed by atoms with Gasteiger partial charge in [0.1, 0.15) is 5.54 Å². The Balaban J connectivity index is 1.58. The second kappa shape index (κ2) is 8.28. The molecule has 4 atom stereocenters. The summed E-state index contributed by atoms with van der Waals surface area (Å²) in [6, 6.07) is 4.77. The maximum atomic E-state index is 14.1. The van der Waals surface area contributed by atoms with Crippen molar-refractivity contribution in [2.75, 3.05) is 23.9 Å². The Morgan fingerprint density at radius 3 is 2.32 bits per heavy atom. The number of benzene rings is 2. The second-order valence-electron chi connectivity index (χ2n) is 9.25. The normalized spacial score (nSPS) is 28.2. The van der Waals surface area contributed by atoms with Crippen LogP contribution in [0.3, 0.4) is 0 Å². The molecule has 0 aliphatic carbocycles. The smallest absolute Gasteiger partial charge is 0.270 e. The molecule has 1 N–H and O–H groups in total. The second-order valence-corrected chi connectivity index (χ2v) is 10.9. The number of methoxy groups -OCH3 is 1. The Hall–Kier alpha value is -2.43. The van der Waals surface area contributed by atoms with E-state index in [1.165, 1.54) is 36.3 Å². The van der Waals surface area contributed by atoms with Crippen molar-refractivity contribution < 1.29 is 27.9 Å². The minimum absolute atomic E-state index is 0.0621. The molecule has 3 fully saturated rings. The minimum Gasteiger partial charge on any atom is -0.494 e. The molecule has 192 valence electrons. The van der Waals surface area contributed by atoms with Gasteiger partial charge in [-0.25, -0.2) is 4.90 Å². The average molecular weight is 589 g/mol. The molecule has 4 unspecified atom stereocenters. The third-order valence-corrected chi connectivity index (χ3v) is 8.73. The molecule has 4 aliphatic rings. The summed E-state index contributed by atoms with van der Waals surface area (Å²) in [4.78, 5) is 44.1. The van der Waals surface area contributed by atoms with Gasteiger partial charge in [0.2, 0.25) is 11.8 Å². The Bertz CT molecular complexity index is 1460. The van der Waals surface area contributed by atoms with Crippen LogP contribution in [0.4, 0.5) is 20.2 Å². The number of ether oxygens (including phenoxy) is 1. The quantitative estimate of drug-likeness (QED) is 0.469. The van der Waals surface area contributed by atoms with E-state index in [0.29, 0.717) is 0 Å². The van der Waals surface area contributed by atoms with E-state index >= 15 is 0 Å². The topological polar surface area (TPSA) is 79.0 Å². The lowest BCUT2D eigenvalue weighted by molar-refractivity contribution is -0.135. The number of fused-ring (bicyclic) bond motifs is 7. The van der Waals surface area contributed by atoms with Gasteiger partial charge in [0.25, 0.3) is 12.0 Å². The molecule has 6 rings (SSSR count). The number of rotatable bonds is 2. The van der Waals surface area contributed by atoms with Gasteiger partial charge in [-0.2, -0.15) is 8.78 Å². The summed E-state index contributed by atoms with van der Waals surface area (Å²) in [6.07, 6.45) is -2.06. The maximum Gasteiger partial charge on any atom is 0.270 e. The third kappa shape index (κ3) is 3.12. The van der Waals surface area contributed by atoms with Crippen LogP contribution in [0.5, 0.6) is 5.75 Å². The van der Waals surface area contributed by atoms with Crippen molar-refractivity contribution >= 4 is 75.5 Å². The first kappa shape index (κ1) is 24.9. The monoisotopic (exact) mass is 587 g/mol. The molecule has 0 bridgehead atoms. The SMILES string of the molecule is COc1c(Cl)cc(N2C(=O)C3C4CC(=C(F)F)CN4C4(C(=O)Nc5c(Cl)cc(Cl)cc54)C3C2=O)cc1Cl. The van der Waals surface area contributed by atoms with Crippen molar-refractivity contribution in [1.82, 2.24) is 4.90 Å². The number of carbonyl (C=O) groups excluding carboxylic acids is 3. The third-order valence-electron chi connectivity index (χ3n) is 7.65. The molecule has 1 spiro atoms. The molecule has 37 heavy (non-hydrogen) atoms. The molecule has 0 aromatic heterocycles. The molecule has 0 saturated carbocycles. The fourth-order valence-electron chi connectivity index (χ4n) is 6.34. The summed E-state index contributed by atoms with van der Waals surface area (Å²) in [5.41, 5.74) is -1.41. The minimum atomic E-state index is -1.88. The van der Waals surface area contributed by atoms with E-state index in [9.17, 15) is 23.2 Å². The summed E-state index contributed by atoms with van der Waals surface area (Å²) >= 11 is 25.2. The van der Waals surface area contributed by atoms with E-state index in [-0.39, 0.29) is 61.3 Å². The number of nitrogens with zero attached hydrogens (tertiary/aromatic N) is 2. The fourth-order valence-corrected chi connectivity index (χ4v) is 7.51. The van der Waals surface area contributed by atoms with Crippen LogP contribution in [0.15, 0.2) is 35.9 Å². The summed E-state index contributed by atoms with van der Waals surface area (Å²) < 4.78 is 32.7. The Kier molecular flexibility index (Phi) is 5.57. The van der Waals surface area contributed by atoms with E-state index in [1.54, 1.807) is 0 Å². The van der Waals surface area contributed by atoms with Crippen molar-refractivity contribution in [3.8, 4) is 5.75 Å². The van der Waals surface area contributed by atoms with Gasteiger partial charge in [-0.3, -0.25) is 19.3 Å². The first-order valence-corrected chi connectivity index (χ1v) is 12.5. The molecule has 4 heterocycles. The van der Waals surface area contributed by atoms with Gasteiger partial charge in [0, 0.05) is 28.7 Å². The van der Waals surface area contributed by atoms with Crippen molar-refractivity contribution in [2.24, 2.45) is 11.8 Å². The van der Waals surface area contributed by atoms with Crippen LogP contribution in [0.2, 0.25) is 20.1 Å². The van der Waals surface area contributed by atoms with Crippen molar-refractivity contribution in [2.45, 2.75) is 18.0 Å². The molecule has 7 nitrogen and oxygen atoms in total. The molecule has 2 aromatic rings. The predicted molar refractivity (Wildman–Crippen MR) is 134 cm³/mol. The summed E-state index contributed by atoms with van der Waals surface area (Å²) in [5, 5.41) is 3.14. The molecule has 2 aromatic carbocycles. The number of hydrogen-bond acceptors (Lipinski definition) is 5. The van der Waals surface area contributed by atoms with Gasteiger partial charge in [-0.05, 0) is 30.7 Å². The molecular formula is C24H15Cl4F2N3O4. The number of hydrogen-bond donors (Lipinski definition) is 1. The molecular weight excluding hydrogens is 574 g/mol. The van der Waals surface area contributed by atoms with Crippen LogP contribution >= 0.6 is 46.4 Å². The van der Waals surface area contributed by atoms with E-state index in [4.69, 9.17) is 51.1 Å². The average Bonchev–Trinajstić information content (AvgIpc) is 3.50. The van der Waals surface area contributed by atoms with Crippen LogP contribution in [0.25, 0.3) is 0 Å². The standard InChI is InChI=1S/C24H15Cl4F2N3O4/c1-37-19-13(27)5-10(6-14(19)28)33-21(34)16-15-2-8(20(29)30)7-32(15)24(17(16)22(33)35)11-3-9(25)4-12(26)18(11)31-23(24)36/h3-6,15-17H,2,7H2,1H3,(H,31,36). The van der Waals surface area contributed by atoms with E-state index < -0.39 is 47.2 Å². The largest absolute Gasteiger partial charge is 0.494 e. The van der Waals surface area contributed by atoms with Crippen molar-refractivity contribution in [1.29, 1.82) is 0 Å². The van der Waals surface area contributed by atoms with Gasteiger partial charge in [-0.1, -0.05) is 46.4 Å². The van der Waals surface area contributed by atoms with Crippen LogP contribution in [0.1, 0.15) is 12.0 Å². The highest BCUT2D eigenvalue weighted by atomic mass is 35.5. The number of imide groups is 1. The highest BCUT2D eigenvalue weighted by Crippen LogP contribution is 2.62. The van der Waals surface area contributed by atoms with Crippen LogP contribution in [-0.2, 0) is 19.9 Å². The van der Waals surface area contributed by atoms with E-state index in [0.717, 1.165) is 4.90 Å². The van der Waals surface area contributed by atoms with Gasteiger partial charge in [0.15, 0.2) is 5.75 Å². The van der Waals surface area contributed by atoms with Crippen molar-refractivity contribution in [3.05, 3.63) is 61.6 Å². The van der Waals surface area contributed by atoms with Gasteiger partial charge in [0.05, 0.1) is 45.4 Å². The van der Waals surface area contributed by atoms with E-state index in [2.05, 4.69) is 5.32 Å². The summed E-state index contributed by atoms with van der Waals surface area (Å²) in [5.74, 6) is -4.14. The molecule has 3 saturated heterocycles. The zero-order valence-electron chi connectivity index (χ0n) is 18.8. The number of anilines is 2. The Morgan fingerprint density at radius 2 is 1.70 bits per heavy atom. The highest BCUT2D eigenvalue weighted by Gasteiger charge is 2.75. The van der Waals surface area contributed by atoms with Crippen molar-refractivity contribution in [3.63, 3.8) is 0 Å². The number of nitrogens with one attached hydrogen (secondary N) is 1. The first-order valence-electron chi connectivity index (χ1n) is 11.0. The lowest BCUT2D eigenvalue weighted by Gasteiger charge is -2.36. The highest BCUT2D eigenvalue weighted by molar-refractivity contribution is 6.39. The van der Waals surface area contributed by atoms with Gasteiger partial charge < -0.3 is 10.1 Å². The Morgan fingerprint density at radius 1 is 1.03 bits per heavy atom. The lowest BCUT2D eigenvalue weighted by atomic mass is 9.75. The first-order chi connectivity index (χ1) is 17.5. The number of halogens is 6. The zero-order valence-corrected chi connectivity index (χ0v) is 21.8. The zero-order chi connectivity index (χ0) is 26.5. The van der Waals surface area contributed by atoms with Crippen LogP contribution in [-0.4, -0.2) is 42.3 Å². The maximum absolute atomic E-state index is 14.1. The summed E-state index contributed by atoms with van der Waals surface area (Å²) in [6.45, 7) is -0.294. The number of carbonyl (C=O) groups is 3. The van der Waals surface area contributed by atoms with Gasteiger partial charge in [-0.15, -0.1) is 0 Å². The molecule has 13 heteroatoms. The van der Waals surface area contributed by atoms with Gasteiger partial charge >= 0.3 is 0 Å². The fraction of sp³-hybridized carbons (Fsp3) is 0.292. The molecule has 3 amide bonds. The predicted octanol–water partition coefficient (Wildman–Crippen LogP) is 5.50. The van der Waals surface area contributed by atoms with Crippen LogP contribution in [0, 0.1) is 11.8 Å². The molecule has 0 radical (unpaired) electrons. The summed E-state index contributed by atoms with van der Waals surface area (Å²) in [7, 11) is 1.36. The van der Waals surface area contributed by atoms with E-state index in [1.807, 2.05) is 0 Å². The Labute approximate surface area is 228 Å². The number of amides is 3. The van der Waals surface area contributed by atoms with Crippen LogP contribution < -0.4 is 15.0 Å².